The zero-order valence-corrected chi connectivity index (χ0v) is 38.1. The zero-order valence-electron chi connectivity index (χ0n) is 38.1. The third kappa shape index (κ3) is 9.72. The summed E-state index contributed by atoms with van der Waals surface area (Å²) in [5.41, 5.74) is 6.08. The first-order valence-corrected chi connectivity index (χ1v) is 23.9. The lowest BCUT2D eigenvalue weighted by molar-refractivity contribution is -0.258. The normalized spacial score (nSPS) is 25.0. The van der Waals surface area contributed by atoms with Gasteiger partial charge in [-0.05, 0) is 135 Å². The van der Waals surface area contributed by atoms with Crippen molar-refractivity contribution in [2.45, 2.75) is 129 Å². The van der Waals surface area contributed by atoms with Gasteiger partial charge in [0.15, 0.2) is 11.5 Å². The van der Waals surface area contributed by atoms with Crippen LogP contribution in [-0.2, 0) is 20.9 Å². The molecule has 0 unspecified atom stereocenters. The quantitative estimate of drug-likeness (QED) is 0.0611. The van der Waals surface area contributed by atoms with E-state index in [0.717, 1.165) is 78.7 Å². The van der Waals surface area contributed by atoms with Gasteiger partial charge in [-0.1, -0.05) is 68.0 Å². The molecule has 2 N–H and O–H groups in total. The largest absolute Gasteiger partial charge is 0.459 e. The van der Waals surface area contributed by atoms with Crippen LogP contribution in [0.1, 0.15) is 119 Å². The van der Waals surface area contributed by atoms with E-state index in [0.29, 0.717) is 67.8 Å². The fraction of sp³-hybridized carbons (Fsp3) is 0.547. The Bertz CT molecular complexity index is 2160. The number of oxime groups is 1. The number of carbonyl (C=O) groups is 1. The average molecular weight is 877 g/mol. The van der Waals surface area contributed by atoms with E-state index >= 15 is 4.79 Å². The molecule has 5 aliphatic rings. The van der Waals surface area contributed by atoms with Crippen LogP contribution in [0.4, 0.5) is 0 Å². The Kier molecular flexibility index (Phi) is 15.0. The second-order valence-corrected chi connectivity index (χ2v) is 18.4. The lowest BCUT2D eigenvalue weighted by Crippen LogP contribution is -2.70. The van der Waals surface area contributed by atoms with Crippen molar-refractivity contribution in [2.24, 2.45) is 28.8 Å². The number of aliphatic hydroxyl groups is 2. The van der Waals surface area contributed by atoms with Crippen LogP contribution in [0.5, 0.6) is 28.7 Å². The summed E-state index contributed by atoms with van der Waals surface area (Å²) in [6.45, 7) is 11.5. The fourth-order valence-electron chi connectivity index (χ4n) is 11.1. The summed E-state index contributed by atoms with van der Waals surface area (Å²) < 4.78 is 32.9. The molecule has 64 heavy (non-hydrogen) atoms. The van der Waals surface area contributed by atoms with Gasteiger partial charge in [-0.15, -0.1) is 6.58 Å². The molecule has 0 radical (unpaired) electrons. The van der Waals surface area contributed by atoms with Crippen LogP contribution < -0.4 is 18.9 Å². The minimum atomic E-state index is -1.36. The Labute approximate surface area is 379 Å². The molecule has 2 aliphatic heterocycles. The molecular formula is C53H68N2O9. The molecule has 0 bridgehead atoms. The number of unbranched alkanes of at least 4 members (excludes halogenated alkanes) is 2. The average Bonchev–Trinajstić information content (AvgIpc) is 4.01. The molecule has 11 nitrogen and oxygen atoms in total. The molecule has 344 valence electrons. The van der Waals surface area contributed by atoms with E-state index in [9.17, 15) is 10.2 Å². The van der Waals surface area contributed by atoms with Crippen LogP contribution in [0.15, 0.2) is 84.1 Å². The number of benzene rings is 3. The van der Waals surface area contributed by atoms with Crippen molar-refractivity contribution in [1.29, 1.82) is 0 Å². The first-order valence-electron chi connectivity index (χ1n) is 23.9. The van der Waals surface area contributed by atoms with Crippen molar-refractivity contribution in [2.75, 3.05) is 33.2 Å². The van der Waals surface area contributed by atoms with Gasteiger partial charge in [0.25, 0.3) is 0 Å². The molecule has 0 aromatic heterocycles. The highest BCUT2D eigenvalue weighted by molar-refractivity contribution is 6.03. The van der Waals surface area contributed by atoms with E-state index in [1.165, 1.54) is 18.4 Å². The number of amides is 1. The third-order valence-corrected chi connectivity index (χ3v) is 14.4. The van der Waals surface area contributed by atoms with E-state index in [4.69, 9.17) is 33.7 Å². The van der Waals surface area contributed by atoms with Gasteiger partial charge in [0.05, 0.1) is 18.2 Å². The van der Waals surface area contributed by atoms with Gasteiger partial charge >= 0.3 is 0 Å². The number of hydrogen-bond donors (Lipinski definition) is 2. The van der Waals surface area contributed by atoms with E-state index in [1.54, 1.807) is 6.08 Å². The molecule has 2 saturated carbocycles. The van der Waals surface area contributed by atoms with Gasteiger partial charge in [-0.25, -0.2) is 0 Å². The van der Waals surface area contributed by atoms with Crippen molar-refractivity contribution >= 4 is 11.6 Å². The number of hydrogen-bond acceptors (Lipinski definition) is 10. The number of rotatable bonds is 21. The van der Waals surface area contributed by atoms with Crippen molar-refractivity contribution in [1.82, 2.24) is 4.90 Å². The van der Waals surface area contributed by atoms with Crippen LogP contribution in [0.3, 0.4) is 0 Å². The van der Waals surface area contributed by atoms with Gasteiger partial charge in [-0.2, -0.15) is 0 Å². The molecule has 0 saturated heterocycles. The molecule has 3 aliphatic carbocycles. The van der Waals surface area contributed by atoms with E-state index in [2.05, 4.69) is 44.7 Å². The molecule has 0 spiro atoms. The molecule has 3 aromatic carbocycles. The minimum Gasteiger partial charge on any atom is -0.459 e. The first-order chi connectivity index (χ1) is 31.3. The van der Waals surface area contributed by atoms with Crippen molar-refractivity contribution in [3.63, 3.8) is 0 Å². The maximum Gasteiger partial charge on any atom is 0.239 e. The second-order valence-electron chi connectivity index (χ2n) is 18.4. The summed E-state index contributed by atoms with van der Waals surface area (Å²) in [6.07, 6.45) is 15.2. The van der Waals surface area contributed by atoms with Crippen molar-refractivity contribution < 1.29 is 43.5 Å². The monoisotopic (exact) mass is 876 g/mol. The predicted octanol–water partition coefficient (Wildman–Crippen LogP) is 10.5. The molecular weight excluding hydrogens is 809 g/mol. The SMILES string of the molecule is C=CCO[C@@]12Oc3ccc(Oc4ccc(C)c(C)c4)cc3[C@H]3[C@H](CCCCO)[C@@H](CCCCO)C=C(C(=NOCC)C[C@@H]1N(Cc1ccc4c(c1)OCO4)C(=O)CCC1CCCC1)[C@H]32. The number of aliphatic hydroxyl groups excluding tert-OH is 2. The van der Waals surface area contributed by atoms with Crippen LogP contribution in [0.2, 0.25) is 0 Å². The van der Waals surface area contributed by atoms with E-state index in [1.807, 2.05) is 48.2 Å². The number of fused-ring (bicyclic) bond motifs is 3. The van der Waals surface area contributed by atoms with Crippen molar-refractivity contribution in [3.05, 3.63) is 101 Å². The molecule has 11 heteroatoms. The van der Waals surface area contributed by atoms with Gasteiger partial charge in [0.1, 0.15) is 29.9 Å². The first kappa shape index (κ1) is 45.7. The number of carbonyl (C=O) groups excluding carboxylic acids is 1. The number of allylic oxidation sites excluding steroid dienone is 1. The van der Waals surface area contributed by atoms with E-state index in [-0.39, 0.29) is 50.3 Å². The highest BCUT2D eigenvalue weighted by Gasteiger charge is 2.65. The molecule has 6 atom stereocenters. The number of nitrogens with zero attached hydrogens (tertiary/aromatic N) is 2. The Morgan fingerprint density at radius 2 is 1.66 bits per heavy atom. The van der Waals surface area contributed by atoms with Gasteiger partial charge in [-0.3, -0.25) is 4.79 Å². The summed E-state index contributed by atoms with van der Waals surface area (Å²) in [5.74, 6) is 2.35. The Balaban J connectivity index is 1.31. The zero-order chi connectivity index (χ0) is 44.6. The smallest absolute Gasteiger partial charge is 0.239 e. The summed E-state index contributed by atoms with van der Waals surface area (Å²) in [4.78, 5) is 23.2. The van der Waals surface area contributed by atoms with Crippen LogP contribution in [-0.4, -0.2) is 71.8 Å². The molecule has 2 fully saturated rings. The topological polar surface area (TPSA) is 129 Å². The van der Waals surface area contributed by atoms with Crippen LogP contribution in [0.25, 0.3) is 0 Å². The molecule has 8 rings (SSSR count). The third-order valence-electron chi connectivity index (χ3n) is 14.4. The summed E-state index contributed by atoms with van der Waals surface area (Å²) in [5, 5.41) is 24.9. The number of ether oxygens (including phenoxy) is 5. The second kappa shape index (κ2) is 21.0. The van der Waals surface area contributed by atoms with Crippen molar-refractivity contribution in [3.8, 4) is 28.7 Å². The fourth-order valence-corrected chi connectivity index (χ4v) is 11.1. The minimum absolute atomic E-state index is 0.0413. The molecule has 3 aromatic rings. The van der Waals surface area contributed by atoms with E-state index < -0.39 is 17.7 Å². The Morgan fingerprint density at radius 3 is 2.42 bits per heavy atom. The highest BCUT2D eigenvalue weighted by Crippen LogP contribution is 2.62. The molecule has 2 heterocycles. The van der Waals surface area contributed by atoms with Gasteiger partial charge in [0.2, 0.25) is 18.5 Å². The lowest BCUT2D eigenvalue weighted by Gasteiger charge is -2.60. The predicted molar refractivity (Wildman–Crippen MR) is 247 cm³/mol. The van der Waals surface area contributed by atoms with Gasteiger partial charge in [0, 0.05) is 44.1 Å². The standard InChI is InChI=1S/C53H68N2O9/c1-5-27-61-53-49(55(50(58)24-19-37-13-7-8-14-37)33-38-18-22-47-48(29-38)60-34-59-47)32-45(54-62-6-2)43-30-39(15-9-11-25-56)42(16-10-12-26-57)51(52(43)53)44-31-41(21-23-46(44)64-53)63-40-20-17-35(3)36(4)28-40/h5,17-18,20-23,28-31,37,39,42,49,51-52,56-57H,1,6-16,19,24-27,32-34H2,2-4H3/t39-,42+,49-,51+,52+,53+/m0/s1. The van der Waals surface area contributed by atoms with Gasteiger partial charge < -0.3 is 43.6 Å². The van der Waals surface area contributed by atoms with Crippen LogP contribution >= 0.6 is 0 Å². The summed E-state index contributed by atoms with van der Waals surface area (Å²) in [6, 6.07) is 17.5. The maximum absolute atomic E-state index is 15.2. The Hall–Kier alpha value is -4.84. The highest BCUT2D eigenvalue weighted by atomic mass is 16.7. The number of aryl methyl sites for hydroxylation is 2. The maximum atomic E-state index is 15.2. The summed E-state index contributed by atoms with van der Waals surface area (Å²) in [7, 11) is 0. The molecule has 1 amide bonds. The summed E-state index contributed by atoms with van der Waals surface area (Å²) >= 11 is 0. The Morgan fingerprint density at radius 1 is 0.906 bits per heavy atom. The lowest BCUT2D eigenvalue weighted by atomic mass is 9.55. The van der Waals surface area contributed by atoms with Crippen LogP contribution in [0, 0.1) is 37.5 Å².